The van der Waals surface area contributed by atoms with Crippen molar-refractivity contribution in [2.45, 2.75) is 18.9 Å². The number of ether oxygens (including phenoxy) is 1. The van der Waals surface area contributed by atoms with Crippen LogP contribution >= 0.6 is 11.3 Å². The van der Waals surface area contributed by atoms with Crippen molar-refractivity contribution in [2.75, 3.05) is 25.5 Å². The lowest BCUT2D eigenvalue weighted by Crippen LogP contribution is -2.31. The summed E-state index contributed by atoms with van der Waals surface area (Å²) in [6.07, 6.45) is 3.88. The molecule has 0 saturated carbocycles. The standard InChI is InChI=1S/C15H18N6O2S/c1-16-12-9-11(21(2)7-18-9)10-14(20-12)24-15(19-10)13(22)17-6-8-4-3-5-23-8/h7-8H,3-6H2,1-2H3,(H,16,20)(H,17,22). The van der Waals surface area contributed by atoms with Gasteiger partial charge in [0.2, 0.25) is 0 Å². The lowest BCUT2D eigenvalue weighted by molar-refractivity contribution is 0.0857. The first-order valence-corrected chi connectivity index (χ1v) is 8.68. The zero-order valence-electron chi connectivity index (χ0n) is 13.5. The van der Waals surface area contributed by atoms with Gasteiger partial charge in [0.15, 0.2) is 10.8 Å². The average Bonchev–Trinajstić information content (AvgIpc) is 3.31. The van der Waals surface area contributed by atoms with E-state index in [9.17, 15) is 4.79 Å². The van der Waals surface area contributed by atoms with Gasteiger partial charge in [0.05, 0.1) is 12.4 Å². The van der Waals surface area contributed by atoms with Gasteiger partial charge in [0.1, 0.15) is 21.4 Å². The summed E-state index contributed by atoms with van der Waals surface area (Å²) in [6, 6.07) is 0. The lowest BCUT2D eigenvalue weighted by Gasteiger charge is -2.09. The van der Waals surface area contributed by atoms with Crippen LogP contribution < -0.4 is 10.6 Å². The van der Waals surface area contributed by atoms with Crippen LogP contribution in [-0.4, -0.2) is 51.7 Å². The highest BCUT2D eigenvalue weighted by molar-refractivity contribution is 7.20. The van der Waals surface area contributed by atoms with Crippen molar-refractivity contribution in [3.8, 4) is 0 Å². The van der Waals surface area contributed by atoms with Crippen molar-refractivity contribution in [3.63, 3.8) is 0 Å². The van der Waals surface area contributed by atoms with Gasteiger partial charge in [-0.1, -0.05) is 11.3 Å². The van der Waals surface area contributed by atoms with Crippen LogP contribution in [0.4, 0.5) is 5.82 Å². The molecule has 0 radical (unpaired) electrons. The first-order chi connectivity index (χ1) is 11.7. The molecule has 126 valence electrons. The molecule has 1 aliphatic heterocycles. The summed E-state index contributed by atoms with van der Waals surface area (Å²) >= 11 is 1.29. The van der Waals surface area contributed by atoms with E-state index in [2.05, 4.69) is 25.6 Å². The number of aryl methyl sites for hydroxylation is 1. The van der Waals surface area contributed by atoms with Gasteiger partial charge in [0.25, 0.3) is 5.91 Å². The Bertz CT molecular complexity index is 912. The van der Waals surface area contributed by atoms with Gasteiger partial charge in [-0.3, -0.25) is 4.79 Å². The molecule has 1 fully saturated rings. The number of anilines is 1. The van der Waals surface area contributed by atoms with E-state index in [1.54, 1.807) is 13.4 Å². The maximum absolute atomic E-state index is 12.4. The van der Waals surface area contributed by atoms with Gasteiger partial charge >= 0.3 is 0 Å². The molecular weight excluding hydrogens is 328 g/mol. The molecule has 1 saturated heterocycles. The summed E-state index contributed by atoms with van der Waals surface area (Å²) in [5.74, 6) is 0.503. The SMILES string of the molecule is CNc1nc2sc(C(=O)NCC3CCCO3)nc2c2c1ncn2C. The minimum absolute atomic E-state index is 0.112. The molecule has 8 nitrogen and oxygen atoms in total. The van der Waals surface area contributed by atoms with Crippen molar-refractivity contribution in [1.29, 1.82) is 0 Å². The number of pyridine rings is 1. The predicted molar refractivity (Wildman–Crippen MR) is 92.5 cm³/mol. The van der Waals surface area contributed by atoms with E-state index in [0.717, 1.165) is 35.3 Å². The van der Waals surface area contributed by atoms with Crippen molar-refractivity contribution in [1.82, 2.24) is 24.8 Å². The van der Waals surface area contributed by atoms with Crippen molar-refractivity contribution in [3.05, 3.63) is 11.3 Å². The Balaban J connectivity index is 1.68. The van der Waals surface area contributed by atoms with Gasteiger partial charge in [0, 0.05) is 27.2 Å². The Morgan fingerprint density at radius 2 is 2.33 bits per heavy atom. The van der Waals surface area contributed by atoms with Crippen LogP contribution in [0.5, 0.6) is 0 Å². The topological polar surface area (TPSA) is 94.0 Å². The normalized spacial score (nSPS) is 17.7. The number of hydrogen-bond acceptors (Lipinski definition) is 7. The first-order valence-electron chi connectivity index (χ1n) is 7.86. The number of rotatable bonds is 4. The van der Waals surface area contributed by atoms with E-state index >= 15 is 0 Å². The van der Waals surface area contributed by atoms with Crippen LogP contribution in [-0.2, 0) is 11.8 Å². The van der Waals surface area contributed by atoms with Crippen LogP contribution in [0.25, 0.3) is 21.4 Å². The summed E-state index contributed by atoms with van der Waals surface area (Å²) < 4.78 is 7.42. The Labute approximate surface area is 142 Å². The molecule has 4 rings (SSSR count). The second-order valence-corrected chi connectivity index (χ2v) is 6.76. The minimum atomic E-state index is -0.185. The van der Waals surface area contributed by atoms with Crippen LogP contribution in [0.1, 0.15) is 22.6 Å². The Morgan fingerprint density at radius 3 is 3.08 bits per heavy atom. The molecule has 3 aromatic heterocycles. The van der Waals surface area contributed by atoms with Gasteiger partial charge in [-0.15, -0.1) is 0 Å². The van der Waals surface area contributed by atoms with Crippen molar-refractivity contribution >= 4 is 44.4 Å². The molecule has 1 atom stereocenters. The third kappa shape index (κ3) is 2.49. The summed E-state index contributed by atoms with van der Waals surface area (Å²) in [4.78, 5) is 26.5. The monoisotopic (exact) mass is 346 g/mol. The smallest absolute Gasteiger partial charge is 0.280 e. The number of hydrogen-bond donors (Lipinski definition) is 2. The second-order valence-electron chi connectivity index (χ2n) is 5.78. The molecule has 2 N–H and O–H groups in total. The average molecular weight is 346 g/mol. The molecule has 3 aromatic rings. The Hall–Kier alpha value is -2.26. The van der Waals surface area contributed by atoms with Crippen LogP contribution in [0, 0.1) is 0 Å². The molecule has 1 amide bonds. The van der Waals surface area contributed by atoms with E-state index in [-0.39, 0.29) is 12.0 Å². The lowest BCUT2D eigenvalue weighted by atomic mass is 10.2. The number of carbonyl (C=O) groups excluding carboxylic acids is 1. The van der Waals surface area contributed by atoms with Gasteiger partial charge in [-0.2, -0.15) is 0 Å². The molecule has 4 heterocycles. The molecule has 24 heavy (non-hydrogen) atoms. The minimum Gasteiger partial charge on any atom is -0.376 e. The number of imidazole rings is 1. The zero-order valence-corrected chi connectivity index (χ0v) is 14.3. The molecule has 1 aliphatic rings. The maximum Gasteiger partial charge on any atom is 0.280 e. The molecule has 0 aromatic carbocycles. The van der Waals surface area contributed by atoms with E-state index in [4.69, 9.17) is 4.74 Å². The molecule has 9 heteroatoms. The largest absolute Gasteiger partial charge is 0.376 e. The first kappa shape index (κ1) is 15.3. The maximum atomic E-state index is 12.4. The third-order valence-electron chi connectivity index (χ3n) is 4.15. The van der Waals surface area contributed by atoms with E-state index in [1.165, 1.54) is 11.3 Å². The number of aromatic nitrogens is 4. The summed E-state index contributed by atoms with van der Waals surface area (Å²) in [6.45, 7) is 1.29. The van der Waals surface area contributed by atoms with Crippen molar-refractivity contribution < 1.29 is 9.53 Å². The molecule has 0 aliphatic carbocycles. The summed E-state index contributed by atoms with van der Waals surface area (Å²) in [7, 11) is 3.71. The number of amides is 1. The van der Waals surface area contributed by atoms with Crippen LogP contribution in [0.2, 0.25) is 0 Å². The van der Waals surface area contributed by atoms with Crippen LogP contribution in [0.15, 0.2) is 6.33 Å². The molecular formula is C15H18N6O2S. The number of fused-ring (bicyclic) bond motifs is 3. The number of nitrogens with zero attached hydrogens (tertiary/aromatic N) is 4. The van der Waals surface area contributed by atoms with Gasteiger partial charge < -0.3 is 19.9 Å². The fourth-order valence-electron chi connectivity index (χ4n) is 2.94. The molecule has 1 unspecified atom stereocenters. The highest BCUT2D eigenvalue weighted by Gasteiger charge is 2.21. The Kier molecular flexibility index (Phi) is 3.81. The highest BCUT2D eigenvalue weighted by Crippen LogP contribution is 2.30. The molecule has 0 spiro atoms. The van der Waals surface area contributed by atoms with E-state index < -0.39 is 0 Å². The van der Waals surface area contributed by atoms with Gasteiger partial charge in [-0.05, 0) is 12.8 Å². The third-order valence-corrected chi connectivity index (χ3v) is 5.10. The van der Waals surface area contributed by atoms with Crippen LogP contribution in [0.3, 0.4) is 0 Å². The fourth-order valence-corrected chi connectivity index (χ4v) is 3.80. The highest BCUT2D eigenvalue weighted by atomic mass is 32.1. The fraction of sp³-hybridized carbons (Fsp3) is 0.467. The number of thiazole rings is 1. The van der Waals surface area contributed by atoms with Crippen molar-refractivity contribution in [2.24, 2.45) is 7.05 Å². The predicted octanol–water partition coefficient (Wildman–Crippen LogP) is 1.53. The quantitative estimate of drug-likeness (QED) is 0.744. The van der Waals surface area contributed by atoms with E-state index in [0.29, 0.717) is 22.9 Å². The van der Waals surface area contributed by atoms with Gasteiger partial charge in [-0.25, -0.2) is 15.0 Å². The summed E-state index contributed by atoms with van der Waals surface area (Å²) in [5.41, 5.74) is 2.33. The van der Waals surface area contributed by atoms with E-state index in [1.807, 2.05) is 11.6 Å². The Morgan fingerprint density at radius 1 is 1.46 bits per heavy atom. The zero-order chi connectivity index (χ0) is 16.7. The second kappa shape index (κ2) is 5.99. The molecule has 0 bridgehead atoms. The summed E-state index contributed by atoms with van der Waals surface area (Å²) in [5, 5.41) is 6.36. The number of carbonyl (C=O) groups is 1. The number of nitrogens with one attached hydrogen (secondary N) is 2.